The fourth-order valence-corrected chi connectivity index (χ4v) is 5.15. The number of aliphatic imine (C=N–C) groups is 2. The van der Waals surface area contributed by atoms with E-state index in [2.05, 4.69) is 119 Å². The van der Waals surface area contributed by atoms with Crippen molar-refractivity contribution in [2.45, 2.75) is 60.9 Å². The molecule has 0 fully saturated rings. The van der Waals surface area contributed by atoms with Crippen LogP contribution >= 0.6 is 0 Å². The molecule has 0 bridgehead atoms. The van der Waals surface area contributed by atoms with Gasteiger partial charge in [-0.25, -0.2) is 4.99 Å². The van der Waals surface area contributed by atoms with Crippen LogP contribution in [-0.2, 0) is 6.54 Å². The van der Waals surface area contributed by atoms with Crippen LogP contribution in [0.4, 0.5) is 0 Å². The molecule has 0 radical (unpaired) electrons. The number of aryl methyl sites for hydroxylation is 1. The molecule has 0 unspecified atom stereocenters. The van der Waals surface area contributed by atoms with Gasteiger partial charge in [0.1, 0.15) is 5.84 Å². The van der Waals surface area contributed by atoms with Gasteiger partial charge in [0, 0.05) is 11.1 Å². The molecule has 266 valence electrons. The van der Waals surface area contributed by atoms with E-state index in [9.17, 15) is 0 Å². The molecule has 1 aliphatic rings. The van der Waals surface area contributed by atoms with Crippen LogP contribution in [0.3, 0.4) is 0 Å². The average Bonchev–Trinajstić information content (AvgIpc) is 3.44. The van der Waals surface area contributed by atoms with E-state index in [1.807, 2.05) is 87.6 Å². The number of allylic oxidation sites excluding steroid dienone is 10. The summed E-state index contributed by atoms with van der Waals surface area (Å²) in [5, 5.41) is 0. The summed E-state index contributed by atoms with van der Waals surface area (Å²) >= 11 is 0. The summed E-state index contributed by atoms with van der Waals surface area (Å²) in [6.45, 7) is 20.7. The van der Waals surface area contributed by atoms with Gasteiger partial charge in [0.2, 0.25) is 0 Å². The van der Waals surface area contributed by atoms with E-state index >= 15 is 0 Å². The van der Waals surface area contributed by atoms with Gasteiger partial charge in [-0.05, 0) is 79.1 Å². The number of hydrogen-bond acceptors (Lipinski definition) is 1. The molecule has 52 heavy (non-hydrogen) atoms. The lowest BCUT2D eigenvalue weighted by Gasteiger charge is -2.08. The lowest BCUT2D eigenvalue weighted by atomic mass is 9.98. The highest BCUT2D eigenvalue weighted by Gasteiger charge is 2.07. The molecule has 4 aromatic carbocycles. The van der Waals surface area contributed by atoms with Crippen molar-refractivity contribution in [3.8, 4) is 22.3 Å². The van der Waals surface area contributed by atoms with Gasteiger partial charge in [0.15, 0.2) is 5.84 Å². The van der Waals surface area contributed by atoms with Gasteiger partial charge in [-0.3, -0.25) is 4.99 Å². The van der Waals surface area contributed by atoms with Crippen LogP contribution in [-0.4, -0.2) is 11.7 Å². The first kappa shape index (κ1) is 40.6. The molecule has 5 rings (SSSR count). The summed E-state index contributed by atoms with van der Waals surface area (Å²) in [7, 11) is 0. The summed E-state index contributed by atoms with van der Waals surface area (Å²) in [6.07, 6.45) is 18.3. The first-order valence-corrected chi connectivity index (χ1v) is 18.0. The number of rotatable bonds is 9. The van der Waals surface area contributed by atoms with E-state index in [0.29, 0.717) is 18.2 Å². The van der Waals surface area contributed by atoms with Gasteiger partial charge in [-0.2, -0.15) is 0 Å². The second-order valence-corrected chi connectivity index (χ2v) is 12.8. The van der Waals surface area contributed by atoms with E-state index in [4.69, 9.17) is 15.7 Å². The predicted octanol–water partition coefficient (Wildman–Crippen LogP) is 13.1. The summed E-state index contributed by atoms with van der Waals surface area (Å²) in [6, 6.07) is 35.9. The molecule has 0 atom stereocenters. The maximum atomic E-state index is 6.40. The minimum Gasteiger partial charge on any atom is -0.383 e. The third-order valence-electron chi connectivity index (χ3n) is 7.69. The molecule has 2 N–H and O–H groups in total. The molecule has 3 heteroatoms. The number of amidine groups is 2. The highest BCUT2D eigenvalue weighted by Crippen LogP contribution is 2.26. The zero-order chi connectivity index (χ0) is 37.7. The number of hydrogen-bond donors (Lipinski definition) is 1. The molecule has 0 aliphatic heterocycles. The Morgan fingerprint density at radius 3 is 2.02 bits per heavy atom. The molecule has 1 aliphatic carbocycles. The van der Waals surface area contributed by atoms with E-state index in [1.54, 1.807) is 0 Å². The van der Waals surface area contributed by atoms with Crippen molar-refractivity contribution in [2.75, 3.05) is 0 Å². The standard InChI is InChI=1S/C35H31N3.C11H16.C3H8/c1-26-11-9-17-32(23-26)28-19-21-29(22-20-28)33-18-10-12-27(24-33)25-37-35(31-15-7-4-8-16-31)38-34(36)30-13-5-2-3-6-14-30;1-6-7-10(4)11(5)8-9(2)3;1-3-2/h2,4-24H,3,25H2,1H3,(H2,36,37,38);6-8H,4-5H2,1-3H3;3H2,1-2H3/b;7-6-;. The van der Waals surface area contributed by atoms with Crippen LogP contribution in [0.2, 0.25) is 0 Å². The first-order valence-electron chi connectivity index (χ1n) is 18.0. The Morgan fingerprint density at radius 2 is 1.40 bits per heavy atom. The van der Waals surface area contributed by atoms with E-state index in [-0.39, 0.29) is 0 Å². The molecular formula is C49H55N3. The van der Waals surface area contributed by atoms with Crippen molar-refractivity contribution in [1.82, 2.24) is 0 Å². The topological polar surface area (TPSA) is 50.7 Å². The Kier molecular flexibility index (Phi) is 17.3. The fourth-order valence-electron chi connectivity index (χ4n) is 5.15. The van der Waals surface area contributed by atoms with Gasteiger partial charge in [0.25, 0.3) is 0 Å². The smallest absolute Gasteiger partial charge is 0.157 e. The summed E-state index contributed by atoms with van der Waals surface area (Å²) in [5.74, 6) is 1.08. The number of benzene rings is 4. The summed E-state index contributed by atoms with van der Waals surface area (Å²) < 4.78 is 0. The molecule has 0 amide bonds. The first-order chi connectivity index (χ1) is 25.1. The van der Waals surface area contributed by atoms with Gasteiger partial charge < -0.3 is 5.73 Å². The largest absolute Gasteiger partial charge is 0.383 e. The van der Waals surface area contributed by atoms with Crippen molar-refractivity contribution in [2.24, 2.45) is 15.7 Å². The lowest BCUT2D eigenvalue weighted by molar-refractivity contribution is 1.06. The highest BCUT2D eigenvalue weighted by molar-refractivity contribution is 6.11. The van der Waals surface area contributed by atoms with Gasteiger partial charge in [0.05, 0.1) is 6.54 Å². The van der Waals surface area contributed by atoms with Crippen molar-refractivity contribution in [3.05, 3.63) is 204 Å². The second-order valence-electron chi connectivity index (χ2n) is 12.8. The van der Waals surface area contributed by atoms with E-state index < -0.39 is 0 Å². The molecule has 0 aromatic heterocycles. The predicted molar refractivity (Wildman–Crippen MR) is 230 cm³/mol. The van der Waals surface area contributed by atoms with Crippen LogP contribution in [0.1, 0.15) is 64.2 Å². The Morgan fingerprint density at radius 1 is 0.769 bits per heavy atom. The Hall–Kier alpha value is -5.80. The normalized spacial score (nSPS) is 12.5. The maximum absolute atomic E-state index is 6.40. The van der Waals surface area contributed by atoms with Crippen LogP contribution in [0.15, 0.2) is 197 Å². The molecule has 0 saturated heterocycles. The molecule has 3 nitrogen and oxygen atoms in total. The molecular weight excluding hydrogens is 631 g/mol. The van der Waals surface area contributed by atoms with Crippen LogP contribution < -0.4 is 5.73 Å². The van der Waals surface area contributed by atoms with Gasteiger partial charge in [-0.1, -0.05) is 190 Å². The zero-order valence-electron chi connectivity index (χ0n) is 31.9. The Bertz CT molecular complexity index is 1970. The maximum Gasteiger partial charge on any atom is 0.157 e. The van der Waals surface area contributed by atoms with Crippen molar-refractivity contribution < 1.29 is 0 Å². The minimum atomic E-state index is 0.456. The van der Waals surface area contributed by atoms with Crippen molar-refractivity contribution in [3.63, 3.8) is 0 Å². The second kappa shape index (κ2) is 22.1. The average molecular weight is 686 g/mol. The quantitative estimate of drug-likeness (QED) is 0.106. The monoisotopic (exact) mass is 685 g/mol. The van der Waals surface area contributed by atoms with Crippen LogP contribution in [0, 0.1) is 6.92 Å². The highest BCUT2D eigenvalue weighted by atomic mass is 15.0. The fraction of sp³-hybridized carbons (Fsp3) is 0.184. The lowest BCUT2D eigenvalue weighted by Crippen LogP contribution is -2.17. The molecule has 0 spiro atoms. The van der Waals surface area contributed by atoms with Gasteiger partial charge >= 0.3 is 0 Å². The number of nitrogens with two attached hydrogens (primary N) is 1. The van der Waals surface area contributed by atoms with Crippen LogP contribution in [0.5, 0.6) is 0 Å². The third kappa shape index (κ3) is 13.8. The van der Waals surface area contributed by atoms with Gasteiger partial charge in [-0.15, -0.1) is 0 Å². The molecule has 0 saturated carbocycles. The van der Waals surface area contributed by atoms with E-state index in [1.165, 1.54) is 39.8 Å². The zero-order valence-corrected chi connectivity index (χ0v) is 31.9. The minimum absolute atomic E-state index is 0.456. The Balaban J connectivity index is 0.000000443. The summed E-state index contributed by atoms with van der Waals surface area (Å²) in [4.78, 5) is 9.64. The number of nitrogens with zero attached hydrogens (tertiary/aromatic N) is 2. The van der Waals surface area contributed by atoms with Crippen molar-refractivity contribution >= 4 is 11.7 Å². The molecule has 4 aromatic rings. The Labute approximate surface area is 313 Å². The van der Waals surface area contributed by atoms with E-state index in [0.717, 1.165) is 34.3 Å². The van der Waals surface area contributed by atoms with Crippen molar-refractivity contribution in [1.29, 1.82) is 0 Å². The van der Waals surface area contributed by atoms with Crippen LogP contribution in [0.25, 0.3) is 22.3 Å². The summed E-state index contributed by atoms with van der Waals surface area (Å²) in [5.41, 5.74) is 18.6. The molecule has 0 heterocycles. The third-order valence-corrected chi connectivity index (χ3v) is 7.69. The SMILES string of the molecule is C=C(C=C(C)C)C(=C)/C=C\C.CCC.Cc1cccc(-c2ccc(-c3cccc(CN=C(N=C(N)C4=CC=CCC=C4)c4ccccc4)c3)cc2)c1.